The number of rotatable bonds is 4. The van der Waals surface area contributed by atoms with Crippen LogP contribution in [0.5, 0.6) is 5.75 Å². The molecule has 0 bridgehead atoms. The lowest BCUT2D eigenvalue weighted by molar-refractivity contribution is 0.0860. The maximum absolute atomic E-state index is 12.5. The van der Waals surface area contributed by atoms with Gasteiger partial charge < -0.3 is 4.74 Å². The highest BCUT2D eigenvalue weighted by Gasteiger charge is 2.00. The molecule has 2 heteroatoms. The normalized spacial score (nSPS) is 12.5. The standard InChI is InChI=1S/C11H15FO/c1-3-5-10-6-4-7-11(8-10)13-9(2)12/h4,6-9H,3,5H2,1-2H3. The van der Waals surface area contributed by atoms with Gasteiger partial charge >= 0.3 is 0 Å². The highest BCUT2D eigenvalue weighted by molar-refractivity contribution is 5.28. The summed E-state index contributed by atoms with van der Waals surface area (Å²) in [5.74, 6) is 0.612. The van der Waals surface area contributed by atoms with E-state index in [4.69, 9.17) is 4.74 Å². The molecule has 0 fully saturated rings. The fourth-order valence-corrected chi connectivity index (χ4v) is 1.25. The summed E-state index contributed by atoms with van der Waals surface area (Å²) in [4.78, 5) is 0. The molecule has 1 atom stereocenters. The summed E-state index contributed by atoms with van der Waals surface area (Å²) in [6.45, 7) is 3.50. The van der Waals surface area contributed by atoms with Crippen molar-refractivity contribution in [2.24, 2.45) is 0 Å². The summed E-state index contributed by atoms with van der Waals surface area (Å²) in [5.41, 5.74) is 1.20. The zero-order valence-electron chi connectivity index (χ0n) is 8.09. The van der Waals surface area contributed by atoms with Crippen LogP contribution in [0.15, 0.2) is 24.3 Å². The van der Waals surface area contributed by atoms with Gasteiger partial charge in [0.2, 0.25) is 6.36 Å². The lowest BCUT2D eigenvalue weighted by atomic mass is 10.1. The molecule has 0 amide bonds. The van der Waals surface area contributed by atoms with Gasteiger partial charge in [0.1, 0.15) is 5.75 Å². The first kappa shape index (κ1) is 10.0. The van der Waals surface area contributed by atoms with Crippen LogP contribution in [-0.2, 0) is 6.42 Å². The number of aryl methyl sites for hydroxylation is 1. The van der Waals surface area contributed by atoms with Crippen LogP contribution >= 0.6 is 0 Å². The van der Waals surface area contributed by atoms with Gasteiger partial charge in [0, 0.05) is 6.92 Å². The summed E-state index contributed by atoms with van der Waals surface area (Å²) in [6, 6.07) is 7.58. The van der Waals surface area contributed by atoms with Crippen LogP contribution in [0.3, 0.4) is 0 Å². The number of hydrogen-bond donors (Lipinski definition) is 0. The van der Waals surface area contributed by atoms with Crippen molar-refractivity contribution in [1.82, 2.24) is 0 Å². The van der Waals surface area contributed by atoms with Crippen LogP contribution in [0.4, 0.5) is 4.39 Å². The van der Waals surface area contributed by atoms with Crippen molar-refractivity contribution in [3.63, 3.8) is 0 Å². The number of alkyl halides is 1. The zero-order valence-corrected chi connectivity index (χ0v) is 8.09. The van der Waals surface area contributed by atoms with E-state index in [1.807, 2.05) is 18.2 Å². The third-order valence-corrected chi connectivity index (χ3v) is 1.74. The van der Waals surface area contributed by atoms with Gasteiger partial charge in [-0.1, -0.05) is 25.5 Å². The SMILES string of the molecule is CCCc1cccc(OC(C)F)c1. The minimum absolute atomic E-state index is 0.612. The molecule has 1 rings (SSSR count). The molecule has 0 aliphatic rings. The molecule has 0 aromatic heterocycles. The average molecular weight is 182 g/mol. The molecule has 0 N–H and O–H groups in total. The Morgan fingerprint density at radius 1 is 1.46 bits per heavy atom. The molecule has 0 spiro atoms. The van der Waals surface area contributed by atoms with Crippen molar-refractivity contribution >= 4 is 0 Å². The first-order valence-electron chi connectivity index (χ1n) is 4.62. The average Bonchev–Trinajstić information content (AvgIpc) is 2.04. The fourth-order valence-electron chi connectivity index (χ4n) is 1.25. The predicted octanol–water partition coefficient (Wildman–Crippen LogP) is 3.33. The van der Waals surface area contributed by atoms with Gasteiger partial charge in [-0.2, -0.15) is 0 Å². The van der Waals surface area contributed by atoms with Crippen molar-refractivity contribution in [2.75, 3.05) is 0 Å². The molecule has 1 nitrogen and oxygen atoms in total. The largest absolute Gasteiger partial charge is 0.461 e. The molecule has 0 aliphatic carbocycles. The lowest BCUT2D eigenvalue weighted by Crippen LogP contribution is -2.03. The zero-order chi connectivity index (χ0) is 9.68. The minimum Gasteiger partial charge on any atom is -0.461 e. The number of benzene rings is 1. The first-order valence-corrected chi connectivity index (χ1v) is 4.62. The molecular weight excluding hydrogens is 167 g/mol. The highest BCUT2D eigenvalue weighted by Crippen LogP contribution is 2.16. The molecule has 13 heavy (non-hydrogen) atoms. The van der Waals surface area contributed by atoms with Crippen LogP contribution in [-0.4, -0.2) is 6.36 Å². The summed E-state index contributed by atoms with van der Waals surface area (Å²) >= 11 is 0. The molecule has 1 unspecified atom stereocenters. The summed E-state index contributed by atoms with van der Waals surface area (Å²) in [6.07, 6.45) is 0.865. The number of ether oxygens (including phenoxy) is 1. The Bertz CT molecular complexity index is 258. The fraction of sp³-hybridized carbons (Fsp3) is 0.455. The quantitative estimate of drug-likeness (QED) is 0.694. The van der Waals surface area contributed by atoms with E-state index >= 15 is 0 Å². The van der Waals surface area contributed by atoms with Crippen LogP contribution in [0.2, 0.25) is 0 Å². The van der Waals surface area contributed by atoms with Gasteiger partial charge in [0.15, 0.2) is 0 Å². The number of halogens is 1. The smallest absolute Gasteiger partial charge is 0.235 e. The second-order valence-electron chi connectivity index (χ2n) is 3.06. The molecule has 1 aromatic carbocycles. The van der Waals surface area contributed by atoms with E-state index in [1.54, 1.807) is 6.07 Å². The lowest BCUT2D eigenvalue weighted by Gasteiger charge is -2.07. The van der Waals surface area contributed by atoms with E-state index in [1.165, 1.54) is 12.5 Å². The van der Waals surface area contributed by atoms with E-state index in [0.717, 1.165) is 12.8 Å². The first-order chi connectivity index (χ1) is 6.22. The third kappa shape index (κ3) is 3.45. The second-order valence-corrected chi connectivity index (χ2v) is 3.06. The summed E-state index contributed by atoms with van der Waals surface area (Å²) in [5, 5.41) is 0. The van der Waals surface area contributed by atoms with Gasteiger partial charge in [-0.3, -0.25) is 0 Å². The maximum atomic E-state index is 12.5. The molecule has 1 aromatic rings. The van der Waals surface area contributed by atoms with Crippen LogP contribution in [0.25, 0.3) is 0 Å². The topological polar surface area (TPSA) is 9.23 Å². The van der Waals surface area contributed by atoms with Gasteiger partial charge in [-0.05, 0) is 24.1 Å². The van der Waals surface area contributed by atoms with Crippen molar-refractivity contribution < 1.29 is 9.13 Å². The van der Waals surface area contributed by atoms with Gasteiger partial charge in [0.25, 0.3) is 0 Å². The van der Waals surface area contributed by atoms with Crippen molar-refractivity contribution in [3.8, 4) is 5.75 Å². The highest BCUT2D eigenvalue weighted by atomic mass is 19.1. The van der Waals surface area contributed by atoms with E-state index in [0.29, 0.717) is 5.75 Å². The Kier molecular flexibility index (Phi) is 3.74. The summed E-state index contributed by atoms with van der Waals surface area (Å²) < 4.78 is 17.4. The van der Waals surface area contributed by atoms with Gasteiger partial charge in [-0.15, -0.1) is 0 Å². The molecular formula is C11H15FO. The molecule has 0 saturated heterocycles. The molecule has 0 aliphatic heterocycles. The minimum atomic E-state index is -1.24. The van der Waals surface area contributed by atoms with Crippen LogP contribution < -0.4 is 4.74 Å². The van der Waals surface area contributed by atoms with Crippen molar-refractivity contribution in [1.29, 1.82) is 0 Å². The Labute approximate surface area is 78.5 Å². The molecule has 72 valence electrons. The Morgan fingerprint density at radius 3 is 2.85 bits per heavy atom. The van der Waals surface area contributed by atoms with E-state index in [2.05, 4.69) is 6.92 Å². The van der Waals surface area contributed by atoms with E-state index in [9.17, 15) is 4.39 Å². The molecule has 0 heterocycles. The van der Waals surface area contributed by atoms with Gasteiger partial charge in [-0.25, -0.2) is 4.39 Å². The Morgan fingerprint density at radius 2 is 2.23 bits per heavy atom. The number of hydrogen-bond acceptors (Lipinski definition) is 1. The molecule has 0 radical (unpaired) electrons. The van der Waals surface area contributed by atoms with Crippen molar-refractivity contribution in [3.05, 3.63) is 29.8 Å². The molecule has 0 saturated carbocycles. The van der Waals surface area contributed by atoms with E-state index in [-0.39, 0.29) is 0 Å². The Balaban J connectivity index is 2.67. The Hall–Kier alpha value is -1.05. The van der Waals surface area contributed by atoms with E-state index < -0.39 is 6.36 Å². The summed E-state index contributed by atoms with van der Waals surface area (Å²) in [7, 11) is 0. The van der Waals surface area contributed by atoms with Gasteiger partial charge in [0.05, 0.1) is 0 Å². The van der Waals surface area contributed by atoms with Crippen LogP contribution in [0.1, 0.15) is 25.8 Å². The predicted molar refractivity (Wildman–Crippen MR) is 51.6 cm³/mol. The van der Waals surface area contributed by atoms with Crippen molar-refractivity contribution in [2.45, 2.75) is 33.0 Å². The third-order valence-electron chi connectivity index (χ3n) is 1.74. The maximum Gasteiger partial charge on any atom is 0.235 e. The monoisotopic (exact) mass is 182 g/mol. The van der Waals surface area contributed by atoms with Crippen LogP contribution in [0, 0.1) is 0 Å². The second kappa shape index (κ2) is 4.85.